The number of carbonyl (C=O) groups excluding carboxylic acids is 3. The Hall–Kier alpha value is -3.41. The van der Waals surface area contributed by atoms with Gasteiger partial charge in [-0.25, -0.2) is 0 Å². The topological polar surface area (TPSA) is 78.9 Å². The van der Waals surface area contributed by atoms with Crippen molar-refractivity contribution in [3.8, 4) is 0 Å². The van der Waals surface area contributed by atoms with Crippen LogP contribution in [0.1, 0.15) is 284 Å². The fraction of sp³-hybridized carbons (Fsp3) is 0.734. The Morgan fingerprint density at radius 1 is 0.314 bits per heavy atom. The molecule has 6 heteroatoms. The highest BCUT2D eigenvalue weighted by Crippen LogP contribution is 2.16. The number of carbonyl (C=O) groups is 3. The Labute approximate surface area is 433 Å². The summed E-state index contributed by atoms with van der Waals surface area (Å²) in [6, 6.07) is 0. The lowest BCUT2D eigenvalue weighted by atomic mass is 10.0. The summed E-state index contributed by atoms with van der Waals surface area (Å²) >= 11 is 0. The summed E-state index contributed by atoms with van der Waals surface area (Å²) < 4.78 is 16.9. The molecule has 0 aliphatic heterocycles. The minimum atomic E-state index is -0.798. The van der Waals surface area contributed by atoms with Crippen LogP contribution < -0.4 is 0 Å². The highest BCUT2D eigenvalue weighted by molar-refractivity contribution is 5.71. The molecule has 1 unspecified atom stereocenters. The Kier molecular flexibility index (Phi) is 55.3. The molecule has 0 bridgehead atoms. The maximum atomic E-state index is 12.9. The SMILES string of the molecule is CC/C=C\C/C=C\C/C=C\C/C=C\C/C=C\CCCCCC(=O)OCC(COC(=O)CCCCCCCCCCCCCCCCC)OC(=O)CCCCCCC/C=C\C=C/CCCCCCCCC. The quantitative estimate of drug-likeness (QED) is 0.0199. The normalized spacial score (nSPS) is 12.7. The molecule has 0 aromatic rings. The molecule has 0 aromatic heterocycles. The largest absolute Gasteiger partial charge is 0.462 e. The van der Waals surface area contributed by atoms with Gasteiger partial charge < -0.3 is 14.2 Å². The average Bonchev–Trinajstić information content (AvgIpc) is 3.36. The van der Waals surface area contributed by atoms with Gasteiger partial charge in [-0.3, -0.25) is 14.4 Å². The maximum absolute atomic E-state index is 12.9. The van der Waals surface area contributed by atoms with E-state index in [4.69, 9.17) is 14.2 Å². The molecule has 0 saturated heterocycles. The van der Waals surface area contributed by atoms with E-state index in [-0.39, 0.29) is 31.1 Å². The second-order valence-corrected chi connectivity index (χ2v) is 19.6. The maximum Gasteiger partial charge on any atom is 0.306 e. The predicted molar refractivity (Wildman–Crippen MR) is 302 cm³/mol. The molecule has 0 saturated carbocycles. The van der Waals surface area contributed by atoms with Crippen LogP contribution in [-0.4, -0.2) is 37.2 Å². The van der Waals surface area contributed by atoms with Crippen molar-refractivity contribution in [1.29, 1.82) is 0 Å². The fourth-order valence-corrected chi connectivity index (χ4v) is 8.23. The fourth-order valence-electron chi connectivity index (χ4n) is 8.23. The molecule has 0 spiro atoms. The third-order valence-corrected chi connectivity index (χ3v) is 12.7. The number of hydrogen-bond acceptors (Lipinski definition) is 6. The standard InChI is InChI=1S/C64H110O6/c1-4-7-10-13-16-19-22-25-28-30-32-34-36-39-42-45-48-51-54-57-63(66)69-60-61(59-68-62(65)56-53-50-47-44-41-38-35-27-24-21-18-15-12-9-6-3)70-64(67)58-55-52-49-46-43-40-37-33-31-29-26-23-20-17-14-11-8-5-2/h7,10,16,19,25,28-29,31-34,37,39,42,61H,4-6,8-9,11-15,17-18,20-24,26-27,30,35-36,38,40-41,43-60H2,1-3H3/b10-7-,19-16-,28-25-,31-29-,34-32-,37-33-,42-39-. The van der Waals surface area contributed by atoms with E-state index in [9.17, 15) is 14.4 Å². The van der Waals surface area contributed by atoms with Crippen LogP contribution in [0.2, 0.25) is 0 Å². The summed E-state index contributed by atoms with van der Waals surface area (Å²) in [6.07, 6.45) is 75.7. The average molecular weight is 976 g/mol. The molecular formula is C64H110O6. The van der Waals surface area contributed by atoms with Crippen molar-refractivity contribution in [2.75, 3.05) is 13.2 Å². The third kappa shape index (κ3) is 55.5. The van der Waals surface area contributed by atoms with Crippen LogP contribution in [0, 0.1) is 0 Å². The van der Waals surface area contributed by atoms with Crippen molar-refractivity contribution in [1.82, 2.24) is 0 Å². The van der Waals surface area contributed by atoms with Crippen LogP contribution in [0.4, 0.5) is 0 Å². The van der Waals surface area contributed by atoms with Crippen molar-refractivity contribution in [2.45, 2.75) is 290 Å². The minimum Gasteiger partial charge on any atom is -0.462 e. The number of esters is 3. The van der Waals surface area contributed by atoms with Crippen LogP contribution in [-0.2, 0) is 28.6 Å². The summed E-state index contributed by atoms with van der Waals surface area (Å²) in [5.74, 6) is -0.931. The molecule has 1 atom stereocenters. The highest BCUT2D eigenvalue weighted by Gasteiger charge is 2.19. The molecule has 0 heterocycles. The van der Waals surface area contributed by atoms with Gasteiger partial charge in [-0.1, -0.05) is 260 Å². The van der Waals surface area contributed by atoms with Gasteiger partial charge in [-0.05, 0) is 89.9 Å². The molecule has 402 valence electrons. The summed E-state index contributed by atoms with van der Waals surface area (Å²) in [4.78, 5) is 38.2. The zero-order chi connectivity index (χ0) is 50.7. The Bertz CT molecular complexity index is 1350. The van der Waals surface area contributed by atoms with Crippen LogP contribution >= 0.6 is 0 Å². The van der Waals surface area contributed by atoms with Crippen molar-refractivity contribution < 1.29 is 28.6 Å². The molecule has 0 radical (unpaired) electrons. The summed E-state index contributed by atoms with van der Waals surface area (Å²) in [6.45, 7) is 6.50. The van der Waals surface area contributed by atoms with Gasteiger partial charge in [-0.15, -0.1) is 0 Å². The van der Waals surface area contributed by atoms with E-state index in [0.29, 0.717) is 19.3 Å². The minimum absolute atomic E-state index is 0.0916. The molecule has 0 N–H and O–H groups in total. The van der Waals surface area contributed by atoms with Gasteiger partial charge in [0, 0.05) is 19.3 Å². The van der Waals surface area contributed by atoms with Gasteiger partial charge in [0.2, 0.25) is 0 Å². The van der Waals surface area contributed by atoms with Crippen molar-refractivity contribution >= 4 is 17.9 Å². The van der Waals surface area contributed by atoms with E-state index in [1.807, 2.05) is 0 Å². The summed E-state index contributed by atoms with van der Waals surface area (Å²) in [5, 5.41) is 0. The number of unbranched alkanes of at least 4 members (excludes halogenated alkanes) is 29. The molecule has 6 nitrogen and oxygen atoms in total. The molecule has 0 rings (SSSR count). The smallest absolute Gasteiger partial charge is 0.306 e. The monoisotopic (exact) mass is 975 g/mol. The molecular weight excluding hydrogens is 865 g/mol. The molecule has 0 aliphatic rings. The van der Waals surface area contributed by atoms with E-state index in [1.165, 1.54) is 128 Å². The number of rotatable bonds is 53. The lowest BCUT2D eigenvalue weighted by Gasteiger charge is -2.18. The second kappa shape index (κ2) is 58.2. The van der Waals surface area contributed by atoms with E-state index in [1.54, 1.807) is 0 Å². The molecule has 0 amide bonds. The van der Waals surface area contributed by atoms with Crippen LogP contribution in [0.5, 0.6) is 0 Å². The number of hydrogen-bond donors (Lipinski definition) is 0. The first kappa shape index (κ1) is 66.6. The second-order valence-electron chi connectivity index (χ2n) is 19.6. The van der Waals surface area contributed by atoms with Crippen molar-refractivity contribution in [3.05, 3.63) is 85.1 Å². The number of allylic oxidation sites excluding steroid dienone is 14. The lowest BCUT2D eigenvalue weighted by molar-refractivity contribution is -0.167. The summed E-state index contributed by atoms with van der Waals surface area (Å²) in [5.41, 5.74) is 0. The number of ether oxygens (including phenoxy) is 3. The van der Waals surface area contributed by atoms with E-state index in [2.05, 4.69) is 106 Å². The van der Waals surface area contributed by atoms with Gasteiger partial charge in [0.25, 0.3) is 0 Å². The molecule has 0 fully saturated rings. The van der Waals surface area contributed by atoms with Crippen LogP contribution in [0.3, 0.4) is 0 Å². The van der Waals surface area contributed by atoms with E-state index < -0.39 is 6.10 Å². The van der Waals surface area contributed by atoms with Crippen molar-refractivity contribution in [2.24, 2.45) is 0 Å². The van der Waals surface area contributed by atoms with Crippen molar-refractivity contribution in [3.63, 3.8) is 0 Å². The van der Waals surface area contributed by atoms with Crippen LogP contribution in [0.15, 0.2) is 85.1 Å². The van der Waals surface area contributed by atoms with E-state index >= 15 is 0 Å². The highest BCUT2D eigenvalue weighted by atomic mass is 16.6. The first-order chi connectivity index (χ1) is 34.5. The molecule has 0 aromatic carbocycles. The van der Waals surface area contributed by atoms with Gasteiger partial charge in [0.1, 0.15) is 13.2 Å². The summed E-state index contributed by atoms with van der Waals surface area (Å²) in [7, 11) is 0. The first-order valence-corrected chi connectivity index (χ1v) is 29.6. The lowest BCUT2D eigenvalue weighted by Crippen LogP contribution is -2.30. The Balaban J connectivity index is 4.46. The van der Waals surface area contributed by atoms with Gasteiger partial charge in [0.15, 0.2) is 6.10 Å². The van der Waals surface area contributed by atoms with Gasteiger partial charge >= 0.3 is 17.9 Å². The van der Waals surface area contributed by atoms with Gasteiger partial charge in [-0.2, -0.15) is 0 Å². The van der Waals surface area contributed by atoms with Gasteiger partial charge in [0.05, 0.1) is 0 Å². The van der Waals surface area contributed by atoms with Crippen LogP contribution in [0.25, 0.3) is 0 Å². The zero-order valence-electron chi connectivity index (χ0n) is 46.0. The zero-order valence-corrected chi connectivity index (χ0v) is 46.0. The first-order valence-electron chi connectivity index (χ1n) is 29.6. The Morgan fingerprint density at radius 2 is 0.600 bits per heavy atom. The predicted octanol–water partition coefficient (Wildman–Crippen LogP) is 19.9. The molecule has 0 aliphatic carbocycles. The third-order valence-electron chi connectivity index (χ3n) is 12.7. The molecule has 70 heavy (non-hydrogen) atoms. The van der Waals surface area contributed by atoms with E-state index in [0.717, 1.165) is 116 Å². The Morgan fingerprint density at radius 3 is 0.971 bits per heavy atom.